The lowest BCUT2D eigenvalue weighted by Gasteiger charge is -2.04. The smallest absolute Gasteiger partial charge is 0.144 e. The first-order chi connectivity index (χ1) is 8.11. The minimum Gasteiger partial charge on any atom is -0.508 e. The van der Waals surface area contributed by atoms with E-state index in [2.05, 4.69) is 0 Å². The minimum atomic E-state index is -0.893. The molecule has 0 fully saturated rings. The number of hydrogen-bond donors (Lipinski definition) is 1. The molecule has 0 aromatic heterocycles. The Morgan fingerprint density at radius 2 is 1.47 bits per heavy atom. The normalized spacial score (nSPS) is 9.94. The van der Waals surface area contributed by atoms with E-state index in [-0.39, 0.29) is 5.75 Å². The first-order valence-corrected chi connectivity index (χ1v) is 4.80. The molecule has 2 aromatic rings. The molecule has 0 saturated carbocycles. The van der Waals surface area contributed by atoms with Crippen LogP contribution >= 0.6 is 0 Å². The molecule has 2 nitrogen and oxygen atoms in total. The molecular formula is C13H7F2NO. The Bertz CT molecular complexity index is 577. The summed E-state index contributed by atoms with van der Waals surface area (Å²) in [4.78, 5) is 0. The Balaban J connectivity index is 2.55. The highest BCUT2D eigenvalue weighted by molar-refractivity contribution is 5.65. The zero-order valence-corrected chi connectivity index (χ0v) is 8.61. The fraction of sp³-hybridized carbons (Fsp3) is 0. The molecule has 2 rings (SSSR count). The van der Waals surface area contributed by atoms with E-state index in [0.29, 0.717) is 11.1 Å². The van der Waals surface area contributed by atoms with Gasteiger partial charge >= 0.3 is 0 Å². The third-order valence-electron chi connectivity index (χ3n) is 2.35. The van der Waals surface area contributed by atoms with Crippen LogP contribution in [0.3, 0.4) is 0 Å². The lowest BCUT2D eigenvalue weighted by molar-refractivity contribution is 0.475. The molecule has 0 spiro atoms. The first kappa shape index (κ1) is 11.1. The molecule has 17 heavy (non-hydrogen) atoms. The average molecular weight is 231 g/mol. The molecule has 84 valence electrons. The number of halogens is 2. The Morgan fingerprint density at radius 3 is 1.94 bits per heavy atom. The van der Waals surface area contributed by atoms with Crippen LogP contribution < -0.4 is 0 Å². The van der Waals surface area contributed by atoms with E-state index in [1.165, 1.54) is 30.3 Å². The molecule has 0 aliphatic heterocycles. The summed E-state index contributed by atoms with van der Waals surface area (Å²) in [5.74, 6) is -1.71. The van der Waals surface area contributed by atoms with Crippen LogP contribution in [0.25, 0.3) is 11.1 Å². The summed E-state index contributed by atoms with van der Waals surface area (Å²) in [6.45, 7) is 0. The molecule has 0 saturated heterocycles. The van der Waals surface area contributed by atoms with E-state index in [9.17, 15) is 8.78 Å². The number of nitrogens with zero attached hydrogens (tertiary/aromatic N) is 1. The lowest BCUT2D eigenvalue weighted by atomic mass is 10.0. The van der Waals surface area contributed by atoms with Crippen molar-refractivity contribution in [1.29, 1.82) is 5.26 Å². The van der Waals surface area contributed by atoms with Crippen molar-refractivity contribution in [1.82, 2.24) is 0 Å². The Labute approximate surface area is 96.4 Å². The van der Waals surface area contributed by atoms with Gasteiger partial charge in [0.05, 0.1) is 0 Å². The second kappa shape index (κ2) is 4.22. The lowest BCUT2D eigenvalue weighted by Crippen LogP contribution is -1.91. The van der Waals surface area contributed by atoms with Gasteiger partial charge in [-0.2, -0.15) is 5.26 Å². The van der Waals surface area contributed by atoms with Crippen molar-refractivity contribution in [3.8, 4) is 22.9 Å². The topological polar surface area (TPSA) is 44.0 Å². The van der Waals surface area contributed by atoms with Gasteiger partial charge < -0.3 is 5.11 Å². The molecule has 0 aliphatic carbocycles. The highest BCUT2D eigenvalue weighted by atomic mass is 19.1. The highest BCUT2D eigenvalue weighted by Gasteiger charge is 2.11. The predicted octanol–water partition coefficient (Wildman–Crippen LogP) is 3.21. The summed E-state index contributed by atoms with van der Waals surface area (Å²) in [6.07, 6.45) is 0. The molecule has 0 aliphatic rings. The quantitative estimate of drug-likeness (QED) is 0.818. The van der Waals surface area contributed by atoms with Crippen LogP contribution in [0.5, 0.6) is 5.75 Å². The fourth-order valence-corrected chi connectivity index (χ4v) is 1.50. The van der Waals surface area contributed by atoms with Crippen molar-refractivity contribution in [2.24, 2.45) is 0 Å². The molecule has 0 heterocycles. The molecule has 1 N–H and O–H groups in total. The van der Waals surface area contributed by atoms with Gasteiger partial charge in [0.1, 0.15) is 29.0 Å². The molecule has 0 atom stereocenters. The number of phenols is 1. The standard InChI is InChI=1S/C13H7F2NO/c14-12-5-9(6-13(15)11(12)7-16)8-1-3-10(17)4-2-8/h1-6,17H. The summed E-state index contributed by atoms with van der Waals surface area (Å²) >= 11 is 0. The van der Waals surface area contributed by atoms with Crippen LogP contribution in [0.15, 0.2) is 36.4 Å². The Hall–Kier alpha value is -2.41. The van der Waals surface area contributed by atoms with Crippen molar-refractivity contribution in [2.75, 3.05) is 0 Å². The van der Waals surface area contributed by atoms with Gasteiger partial charge in [-0.1, -0.05) is 12.1 Å². The third kappa shape index (κ3) is 2.08. The van der Waals surface area contributed by atoms with Crippen molar-refractivity contribution >= 4 is 0 Å². The van der Waals surface area contributed by atoms with Crippen molar-refractivity contribution < 1.29 is 13.9 Å². The molecule has 2 aromatic carbocycles. The summed E-state index contributed by atoms with van der Waals surface area (Å²) < 4.78 is 26.7. The largest absolute Gasteiger partial charge is 0.508 e. The maximum absolute atomic E-state index is 13.4. The minimum absolute atomic E-state index is 0.0725. The van der Waals surface area contributed by atoms with Crippen molar-refractivity contribution in [3.63, 3.8) is 0 Å². The molecule has 0 bridgehead atoms. The Kier molecular flexibility index (Phi) is 2.75. The SMILES string of the molecule is N#Cc1c(F)cc(-c2ccc(O)cc2)cc1F. The van der Waals surface area contributed by atoms with E-state index < -0.39 is 17.2 Å². The van der Waals surface area contributed by atoms with Crippen molar-refractivity contribution in [3.05, 3.63) is 53.6 Å². The second-order valence-corrected chi connectivity index (χ2v) is 3.47. The monoisotopic (exact) mass is 231 g/mol. The van der Waals surface area contributed by atoms with E-state index >= 15 is 0 Å². The molecule has 0 amide bonds. The van der Waals surface area contributed by atoms with Crippen LogP contribution in [0, 0.1) is 23.0 Å². The van der Waals surface area contributed by atoms with Gasteiger partial charge in [-0.3, -0.25) is 0 Å². The van der Waals surface area contributed by atoms with Gasteiger partial charge in [-0.05, 0) is 35.4 Å². The van der Waals surface area contributed by atoms with Gasteiger partial charge in [0.15, 0.2) is 0 Å². The van der Waals surface area contributed by atoms with Crippen molar-refractivity contribution in [2.45, 2.75) is 0 Å². The number of phenolic OH excluding ortho intramolecular Hbond substituents is 1. The molecular weight excluding hydrogens is 224 g/mol. The number of nitriles is 1. The zero-order valence-electron chi connectivity index (χ0n) is 8.61. The maximum atomic E-state index is 13.4. The summed E-state index contributed by atoms with van der Waals surface area (Å²) in [6, 6.07) is 9.56. The summed E-state index contributed by atoms with van der Waals surface area (Å²) in [7, 11) is 0. The number of rotatable bonds is 1. The molecule has 4 heteroatoms. The van der Waals surface area contributed by atoms with Crippen LogP contribution in [-0.2, 0) is 0 Å². The van der Waals surface area contributed by atoms with E-state index in [1.54, 1.807) is 0 Å². The number of hydrogen-bond acceptors (Lipinski definition) is 2. The Morgan fingerprint density at radius 1 is 0.941 bits per heavy atom. The number of benzene rings is 2. The van der Waals surface area contributed by atoms with E-state index in [4.69, 9.17) is 10.4 Å². The zero-order chi connectivity index (χ0) is 12.4. The first-order valence-electron chi connectivity index (χ1n) is 4.80. The van der Waals surface area contributed by atoms with Gasteiger partial charge in [-0.15, -0.1) is 0 Å². The average Bonchev–Trinajstić information content (AvgIpc) is 2.29. The van der Waals surface area contributed by atoms with Gasteiger partial charge in [-0.25, -0.2) is 8.78 Å². The summed E-state index contributed by atoms with van der Waals surface area (Å²) in [5.41, 5.74) is 0.289. The second-order valence-electron chi connectivity index (χ2n) is 3.47. The van der Waals surface area contributed by atoms with Gasteiger partial charge in [0.25, 0.3) is 0 Å². The van der Waals surface area contributed by atoms with Crippen LogP contribution in [0.4, 0.5) is 8.78 Å². The fourth-order valence-electron chi connectivity index (χ4n) is 1.50. The maximum Gasteiger partial charge on any atom is 0.144 e. The summed E-state index contributed by atoms with van der Waals surface area (Å²) in [5, 5.41) is 17.6. The van der Waals surface area contributed by atoms with E-state index in [0.717, 1.165) is 12.1 Å². The molecule has 0 unspecified atom stereocenters. The predicted molar refractivity (Wildman–Crippen MR) is 58.2 cm³/mol. The third-order valence-corrected chi connectivity index (χ3v) is 2.35. The van der Waals surface area contributed by atoms with Crippen LogP contribution in [-0.4, -0.2) is 5.11 Å². The van der Waals surface area contributed by atoms with Gasteiger partial charge in [0, 0.05) is 0 Å². The van der Waals surface area contributed by atoms with Crippen LogP contribution in [0.1, 0.15) is 5.56 Å². The highest BCUT2D eigenvalue weighted by Crippen LogP contribution is 2.25. The molecule has 0 radical (unpaired) electrons. The van der Waals surface area contributed by atoms with E-state index in [1.807, 2.05) is 0 Å². The number of aromatic hydroxyl groups is 1. The van der Waals surface area contributed by atoms with Gasteiger partial charge in [0.2, 0.25) is 0 Å². The van der Waals surface area contributed by atoms with Crippen LogP contribution in [0.2, 0.25) is 0 Å².